The topological polar surface area (TPSA) is 12.0 Å². The summed E-state index contributed by atoms with van der Waals surface area (Å²) >= 11 is 0. The standard InChI is InChI=1S/C13H27N/c1-3-13(14-4-2)12-10-8-6-5-7-9-11-12/h12-14H,3-11H2,1-2H3. The van der Waals surface area contributed by atoms with Crippen LogP contribution in [0.25, 0.3) is 0 Å². The predicted octanol–water partition coefficient (Wildman–Crippen LogP) is 3.74. The van der Waals surface area contributed by atoms with Crippen molar-refractivity contribution in [2.24, 2.45) is 5.92 Å². The molecule has 1 heteroatoms. The second kappa shape index (κ2) is 7.28. The van der Waals surface area contributed by atoms with Gasteiger partial charge in [-0.3, -0.25) is 0 Å². The smallest absolute Gasteiger partial charge is 0.00925 e. The zero-order chi connectivity index (χ0) is 10.2. The Labute approximate surface area is 89.7 Å². The lowest BCUT2D eigenvalue weighted by Crippen LogP contribution is -2.35. The highest BCUT2D eigenvalue weighted by molar-refractivity contribution is 4.76. The van der Waals surface area contributed by atoms with Crippen LogP contribution in [0.15, 0.2) is 0 Å². The number of rotatable bonds is 4. The van der Waals surface area contributed by atoms with E-state index >= 15 is 0 Å². The third-order valence-corrected chi connectivity index (χ3v) is 3.63. The lowest BCUT2D eigenvalue weighted by Gasteiger charge is -2.28. The van der Waals surface area contributed by atoms with Gasteiger partial charge in [0, 0.05) is 6.04 Å². The molecule has 0 radical (unpaired) electrons. The van der Waals surface area contributed by atoms with Crippen LogP contribution in [0.2, 0.25) is 0 Å². The molecule has 1 N–H and O–H groups in total. The van der Waals surface area contributed by atoms with Gasteiger partial charge in [0.05, 0.1) is 0 Å². The first-order valence-electron chi connectivity index (χ1n) is 6.61. The quantitative estimate of drug-likeness (QED) is 0.724. The Morgan fingerprint density at radius 1 is 1.00 bits per heavy atom. The van der Waals surface area contributed by atoms with E-state index in [9.17, 15) is 0 Å². The van der Waals surface area contributed by atoms with E-state index in [-0.39, 0.29) is 0 Å². The summed E-state index contributed by atoms with van der Waals surface area (Å²) in [6.45, 7) is 5.69. The van der Waals surface area contributed by atoms with Gasteiger partial charge in [0.25, 0.3) is 0 Å². The van der Waals surface area contributed by atoms with Gasteiger partial charge in [-0.1, -0.05) is 46.0 Å². The van der Waals surface area contributed by atoms with E-state index in [0.717, 1.165) is 18.5 Å². The summed E-state index contributed by atoms with van der Waals surface area (Å²) in [6, 6.07) is 0.790. The molecular formula is C13H27N. The zero-order valence-corrected chi connectivity index (χ0v) is 10.0. The molecule has 0 aromatic carbocycles. The molecule has 0 aliphatic heterocycles. The largest absolute Gasteiger partial charge is 0.314 e. The fourth-order valence-electron chi connectivity index (χ4n) is 2.80. The summed E-state index contributed by atoms with van der Waals surface area (Å²) in [5.74, 6) is 0.959. The first kappa shape index (κ1) is 12.0. The Kier molecular flexibility index (Phi) is 6.25. The molecular weight excluding hydrogens is 170 g/mol. The molecule has 0 heterocycles. The predicted molar refractivity (Wildman–Crippen MR) is 63.6 cm³/mol. The Morgan fingerprint density at radius 3 is 2.07 bits per heavy atom. The Morgan fingerprint density at radius 2 is 1.57 bits per heavy atom. The maximum absolute atomic E-state index is 3.65. The minimum atomic E-state index is 0.790. The Balaban J connectivity index is 2.35. The molecule has 14 heavy (non-hydrogen) atoms. The van der Waals surface area contributed by atoms with Crippen LogP contribution in [0.5, 0.6) is 0 Å². The molecule has 0 aromatic heterocycles. The molecule has 0 bridgehead atoms. The molecule has 1 nitrogen and oxygen atoms in total. The molecule has 0 amide bonds. The molecule has 0 aromatic rings. The monoisotopic (exact) mass is 197 g/mol. The van der Waals surface area contributed by atoms with Crippen LogP contribution in [-0.4, -0.2) is 12.6 Å². The SMILES string of the molecule is CCNC(CC)C1CCCCCCC1. The van der Waals surface area contributed by atoms with Crippen molar-refractivity contribution >= 4 is 0 Å². The zero-order valence-electron chi connectivity index (χ0n) is 10.0. The number of hydrogen-bond acceptors (Lipinski definition) is 1. The fraction of sp³-hybridized carbons (Fsp3) is 1.00. The maximum atomic E-state index is 3.65. The van der Waals surface area contributed by atoms with Crippen molar-refractivity contribution < 1.29 is 0 Å². The van der Waals surface area contributed by atoms with E-state index < -0.39 is 0 Å². The summed E-state index contributed by atoms with van der Waals surface area (Å²) in [6.07, 6.45) is 11.6. The summed E-state index contributed by atoms with van der Waals surface area (Å²) in [4.78, 5) is 0. The molecule has 84 valence electrons. The van der Waals surface area contributed by atoms with Crippen LogP contribution in [0.4, 0.5) is 0 Å². The summed E-state index contributed by atoms with van der Waals surface area (Å²) in [7, 11) is 0. The van der Waals surface area contributed by atoms with Crippen molar-refractivity contribution in [2.75, 3.05) is 6.54 Å². The van der Waals surface area contributed by atoms with Gasteiger partial charge in [-0.05, 0) is 31.7 Å². The molecule has 1 rings (SSSR count). The molecule has 1 saturated carbocycles. The van der Waals surface area contributed by atoms with Gasteiger partial charge in [-0.2, -0.15) is 0 Å². The molecule has 1 fully saturated rings. The van der Waals surface area contributed by atoms with Gasteiger partial charge in [0.1, 0.15) is 0 Å². The fourth-order valence-corrected chi connectivity index (χ4v) is 2.80. The minimum absolute atomic E-state index is 0.790. The highest BCUT2D eigenvalue weighted by atomic mass is 14.9. The van der Waals surface area contributed by atoms with Crippen molar-refractivity contribution in [1.82, 2.24) is 5.32 Å². The van der Waals surface area contributed by atoms with Crippen molar-refractivity contribution in [3.63, 3.8) is 0 Å². The van der Waals surface area contributed by atoms with Crippen molar-refractivity contribution in [3.05, 3.63) is 0 Å². The molecule has 1 aliphatic carbocycles. The van der Waals surface area contributed by atoms with Crippen LogP contribution < -0.4 is 5.32 Å². The van der Waals surface area contributed by atoms with Crippen LogP contribution >= 0.6 is 0 Å². The lowest BCUT2D eigenvalue weighted by atomic mass is 9.85. The van der Waals surface area contributed by atoms with E-state index in [2.05, 4.69) is 19.2 Å². The van der Waals surface area contributed by atoms with Crippen LogP contribution in [0.3, 0.4) is 0 Å². The first-order valence-corrected chi connectivity index (χ1v) is 6.61. The van der Waals surface area contributed by atoms with Gasteiger partial charge in [-0.15, -0.1) is 0 Å². The van der Waals surface area contributed by atoms with Gasteiger partial charge in [0.15, 0.2) is 0 Å². The highest BCUT2D eigenvalue weighted by Crippen LogP contribution is 2.25. The van der Waals surface area contributed by atoms with Crippen LogP contribution in [-0.2, 0) is 0 Å². The van der Waals surface area contributed by atoms with Crippen molar-refractivity contribution in [1.29, 1.82) is 0 Å². The number of nitrogens with one attached hydrogen (secondary N) is 1. The average Bonchev–Trinajstić information content (AvgIpc) is 2.15. The summed E-state index contributed by atoms with van der Waals surface area (Å²) in [5, 5.41) is 3.65. The van der Waals surface area contributed by atoms with Crippen molar-refractivity contribution in [2.45, 2.75) is 71.3 Å². The third-order valence-electron chi connectivity index (χ3n) is 3.63. The van der Waals surface area contributed by atoms with Crippen LogP contribution in [0.1, 0.15) is 65.2 Å². The van der Waals surface area contributed by atoms with Gasteiger partial charge in [0.2, 0.25) is 0 Å². The second-order valence-electron chi connectivity index (χ2n) is 4.68. The Bertz CT molecular complexity index is 125. The van der Waals surface area contributed by atoms with Gasteiger partial charge in [-0.25, -0.2) is 0 Å². The molecule has 1 atom stereocenters. The second-order valence-corrected chi connectivity index (χ2v) is 4.68. The molecule has 1 aliphatic rings. The first-order chi connectivity index (χ1) is 6.88. The van der Waals surface area contributed by atoms with Crippen molar-refractivity contribution in [3.8, 4) is 0 Å². The van der Waals surface area contributed by atoms with Gasteiger partial charge < -0.3 is 5.32 Å². The van der Waals surface area contributed by atoms with Crippen LogP contribution in [0, 0.1) is 5.92 Å². The Hall–Kier alpha value is -0.0400. The highest BCUT2D eigenvalue weighted by Gasteiger charge is 2.19. The van der Waals surface area contributed by atoms with E-state index in [1.165, 1.54) is 51.4 Å². The summed E-state index contributed by atoms with van der Waals surface area (Å²) < 4.78 is 0. The lowest BCUT2D eigenvalue weighted by molar-refractivity contribution is 0.282. The maximum Gasteiger partial charge on any atom is 0.00925 e. The van der Waals surface area contributed by atoms with Gasteiger partial charge >= 0.3 is 0 Å². The average molecular weight is 197 g/mol. The van der Waals surface area contributed by atoms with E-state index in [1.54, 1.807) is 0 Å². The minimum Gasteiger partial charge on any atom is -0.314 e. The normalized spacial score (nSPS) is 22.7. The number of hydrogen-bond donors (Lipinski definition) is 1. The van der Waals surface area contributed by atoms with E-state index in [4.69, 9.17) is 0 Å². The van der Waals surface area contributed by atoms with E-state index in [0.29, 0.717) is 0 Å². The summed E-state index contributed by atoms with van der Waals surface area (Å²) in [5.41, 5.74) is 0. The molecule has 0 saturated heterocycles. The molecule has 0 spiro atoms. The van der Waals surface area contributed by atoms with E-state index in [1.807, 2.05) is 0 Å². The third kappa shape index (κ3) is 4.00. The molecule has 1 unspecified atom stereocenters.